The van der Waals surface area contributed by atoms with Crippen molar-refractivity contribution in [1.82, 2.24) is 5.32 Å². The van der Waals surface area contributed by atoms with Crippen LogP contribution in [0.15, 0.2) is 42.5 Å². The van der Waals surface area contributed by atoms with E-state index in [2.05, 4.69) is 53.6 Å². The summed E-state index contributed by atoms with van der Waals surface area (Å²) in [5, 5.41) is 6.74. The fourth-order valence-corrected chi connectivity index (χ4v) is 2.85. The van der Waals surface area contributed by atoms with E-state index in [0.717, 1.165) is 26.1 Å². The molecule has 2 rings (SSSR count). The lowest BCUT2D eigenvalue weighted by Crippen LogP contribution is -2.32. The second-order valence-electron chi connectivity index (χ2n) is 5.78. The number of benzene rings is 2. The van der Waals surface area contributed by atoms with Gasteiger partial charge in [-0.05, 0) is 62.8 Å². The fourth-order valence-electron chi connectivity index (χ4n) is 2.45. The highest BCUT2D eigenvalue weighted by molar-refractivity contribution is 7.80. The third-order valence-electron chi connectivity index (χ3n) is 3.85. The quantitative estimate of drug-likeness (QED) is 0.523. The van der Waals surface area contributed by atoms with Gasteiger partial charge in [-0.15, -0.1) is 0 Å². The zero-order valence-electron chi connectivity index (χ0n) is 14.5. The molecule has 0 aliphatic rings. The predicted octanol–water partition coefficient (Wildman–Crippen LogP) is 4.99. The van der Waals surface area contributed by atoms with Crippen molar-refractivity contribution in [2.24, 2.45) is 0 Å². The zero-order chi connectivity index (χ0) is 18.2. The Morgan fingerprint density at radius 1 is 1.20 bits per heavy atom. The Labute approximate surface area is 159 Å². The summed E-state index contributed by atoms with van der Waals surface area (Å²) in [6.45, 7) is 6.89. The van der Waals surface area contributed by atoms with Crippen LogP contribution in [0, 0.1) is 12.7 Å². The van der Waals surface area contributed by atoms with Gasteiger partial charge in [-0.1, -0.05) is 29.3 Å². The van der Waals surface area contributed by atoms with Crippen molar-refractivity contribution in [2.45, 2.75) is 20.3 Å². The minimum atomic E-state index is -0.443. The fraction of sp³-hybridized carbons (Fsp3) is 0.316. The molecule has 0 aromatic heterocycles. The summed E-state index contributed by atoms with van der Waals surface area (Å²) in [6, 6.07) is 13.0. The van der Waals surface area contributed by atoms with Crippen LogP contribution in [0.2, 0.25) is 5.02 Å². The van der Waals surface area contributed by atoms with Gasteiger partial charge in [0.1, 0.15) is 5.82 Å². The lowest BCUT2D eigenvalue weighted by molar-refractivity contribution is 0.628. The Kier molecular flexibility index (Phi) is 7.47. The van der Waals surface area contributed by atoms with Gasteiger partial charge in [-0.3, -0.25) is 0 Å². The summed E-state index contributed by atoms with van der Waals surface area (Å²) in [5.41, 5.74) is 3.16. The molecule has 6 heteroatoms. The molecule has 25 heavy (non-hydrogen) atoms. The van der Waals surface area contributed by atoms with Crippen molar-refractivity contribution >= 4 is 40.3 Å². The smallest absolute Gasteiger partial charge is 0.170 e. The van der Waals surface area contributed by atoms with E-state index >= 15 is 0 Å². The normalized spacial score (nSPS) is 10.4. The maximum atomic E-state index is 13.1. The molecule has 134 valence electrons. The number of thiocarbonyl (C=S) groups is 1. The highest BCUT2D eigenvalue weighted by atomic mass is 35.5. The number of hydrogen-bond donors (Lipinski definition) is 2. The van der Waals surface area contributed by atoms with Crippen molar-refractivity contribution in [1.29, 1.82) is 0 Å². The molecule has 0 spiro atoms. The minimum Gasteiger partial charge on any atom is -0.372 e. The van der Waals surface area contributed by atoms with E-state index in [1.54, 1.807) is 6.07 Å². The Hall–Kier alpha value is -1.85. The van der Waals surface area contributed by atoms with E-state index in [9.17, 15) is 4.39 Å². The molecule has 0 radical (unpaired) electrons. The van der Waals surface area contributed by atoms with Gasteiger partial charge in [0.15, 0.2) is 5.11 Å². The maximum Gasteiger partial charge on any atom is 0.170 e. The molecule has 0 heterocycles. The third kappa shape index (κ3) is 6.18. The summed E-state index contributed by atoms with van der Waals surface area (Å²) in [7, 11) is 0. The number of nitrogens with one attached hydrogen (secondary N) is 2. The monoisotopic (exact) mass is 379 g/mol. The zero-order valence-corrected chi connectivity index (χ0v) is 16.1. The summed E-state index contributed by atoms with van der Waals surface area (Å²) < 4.78 is 13.1. The number of anilines is 2. The maximum absolute atomic E-state index is 13.1. The number of rotatable bonds is 7. The first-order valence-corrected chi connectivity index (χ1v) is 9.09. The molecule has 2 N–H and O–H groups in total. The van der Waals surface area contributed by atoms with Crippen molar-refractivity contribution in [3.63, 3.8) is 0 Å². The Morgan fingerprint density at radius 3 is 2.56 bits per heavy atom. The van der Waals surface area contributed by atoms with Crippen molar-refractivity contribution in [3.05, 3.63) is 58.9 Å². The van der Waals surface area contributed by atoms with Crippen LogP contribution in [-0.4, -0.2) is 24.7 Å². The van der Waals surface area contributed by atoms with Gasteiger partial charge >= 0.3 is 0 Å². The summed E-state index contributed by atoms with van der Waals surface area (Å²) >= 11 is 11.0. The second-order valence-corrected chi connectivity index (χ2v) is 6.59. The van der Waals surface area contributed by atoms with Crippen molar-refractivity contribution in [2.75, 3.05) is 29.9 Å². The van der Waals surface area contributed by atoms with Crippen molar-refractivity contribution < 1.29 is 4.39 Å². The summed E-state index contributed by atoms with van der Waals surface area (Å²) in [5.74, 6) is -0.443. The molecule has 0 bridgehead atoms. The van der Waals surface area contributed by atoms with Gasteiger partial charge in [0.25, 0.3) is 0 Å². The molecule has 0 atom stereocenters. The van der Waals surface area contributed by atoms with Crippen LogP contribution in [0.1, 0.15) is 18.9 Å². The molecule has 0 unspecified atom stereocenters. The summed E-state index contributed by atoms with van der Waals surface area (Å²) in [4.78, 5) is 2.33. The molecule has 2 aromatic carbocycles. The van der Waals surface area contributed by atoms with Crippen LogP contribution < -0.4 is 15.5 Å². The Bertz CT molecular complexity index is 706. The SMILES string of the molecule is CCN(CCCNC(=S)Nc1ccc(F)c(Cl)c1)c1ccc(C)cc1. The van der Waals surface area contributed by atoms with Crippen LogP contribution in [0.4, 0.5) is 15.8 Å². The van der Waals surface area contributed by atoms with Gasteiger partial charge in [0.05, 0.1) is 5.02 Å². The van der Waals surface area contributed by atoms with Crippen LogP contribution in [0.25, 0.3) is 0 Å². The van der Waals surface area contributed by atoms with Gasteiger partial charge in [0, 0.05) is 31.0 Å². The van der Waals surface area contributed by atoms with Crippen LogP contribution in [0.5, 0.6) is 0 Å². The van der Waals surface area contributed by atoms with E-state index in [1.165, 1.54) is 23.4 Å². The second kappa shape index (κ2) is 9.59. The Balaban J connectivity index is 1.74. The molecular weight excluding hydrogens is 357 g/mol. The molecule has 0 saturated carbocycles. The van der Waals surface area contributed by atoms with E-state index in [0.29, 0.717) is 10.8 Å². The van der Waals surface area contributed by atoms with E-state index < -0.39 is 5.82 Å². The molecule has 3 nitrogen and oxygen atoms in total. The topological polar surface area (TPSA) is 27.3 Å². The van der Waals surface area contributed by atoms with Crippen LogP contribution >= 0.6 is 23.8 Å². The van der Waals surface area contributed by atoms with E-state index in [4.69, 9.17) is 23.8 Å². The lowest BCUT2D eigenvalue weighted by Gasteiger charge is -2.23. The van der Waals surface area contributed by atoms with E-state index in [1.807, 2.05) is 0 Å². The molecule has 0 aliphatic carbocycles. The highest BCUT2D eigenvalue weighted by Crippen LogP contribution is 2.19. The van der Waals surface area contributed by atoms with Crippen molar-refractivity contribution in [3.8, 4) is 0 Å². The number of nitrogens with zero attached hydrogens (tertiary/aromatic N) is 1. The van der Waals surface area contributed by atoms with Crippen LogP contribution in [-0.2, 0) is 0 Å². The minimum absolute atomic E-state index is 0.0736. The first kappa shape index (κ1) is 19.5. The number of halogens is 2. The highest BCUT2D eigenvalue weighted by Gasteiger charge is 2.05. The largest absolute Gasteiger partial charge is 0.372 e. The number of hydrogen-bond acceptors (Lipinski definition) is 2. The lowest BCUT2D eigenvalue weighted by atomic mass is 10.2. The molecule has 0 amide bonds. The predicted molar refractivity (Wildman–Crippen MR) is 109 cm³/mol. The summed E-state index contributed by atoms with van der Waals surface area (Å²) in [6.07, 6.45) is 0.952. The average molecular weight is 380 g/mol. The Morgan fingerprint density at radius 2 is 1.92 bits per heavy atom. The van der Waals surface area contributed by atoms with Gasteiger partial charge < -0.3 is 15.5 Å². The number of aryl methyl sites for hydroxylation is 1. The van der Waals surface area contributed by atoms with Crippen LogP contribution in [0.3, 0.4) is 0 Å². The molecule has 2 aromatic rings. The molecule has 0 saturated heterocycles. The first-order valence-electron chi connectivity index (χ1n) is 8.31. The molecule has 0 fully saturated rings. The first-order chi connectivity index (χ1) is 12.0. The van der Waals surface area contributed by atoms with Gasteiger partial charge in [-0.2, -0.15) is 0 Å². The molecular formula is C19H23ClFN3S. The van der Waals surface area contributed by atoms with Gasteiger partial charge in [-0.25, -0.2) is 4.39 Å². The van der Waals surface area contributed by atoms with Gasteiger partial charge in [0.2, 0.25) is 0 Å². The van der Waals surface area contributed by atoms with E-state index in [-0.39, 0.29) is 5.02 Å². The standard InChI is InChI=1S/C19H23ClFN3S/c1-3-24(16-8-5-14(2)6-9-16)12-4-11-22-19(25)23-15-7-10-18(21)17(20)13-15/h5-10,13H,3-4,11-12H2,1-2H3,(H2,22,23,25). The average Bonchev–Trinajstić information content (AvgIpc) is 2.59. The molecule has 0 aliphatic heterocycles. The third-order valence-corrected chi connectivity index (χ3v) is 4.38.